The summed E-state index contributed by atoms with van der Waals surface area (Å²) in [6, 6.07) is 13.1. The van der Waals surface area contributed by atoms with E-state index in [0.29, 0.717) is 16.7 Å². The Labute approximate surface area is 199 Å². The first-order chi connectivity index (χ1) is 16.0. The molecule has 1 N–H and O–H groups in total. The maximum Gasteiger partial charge on any atom is 0.198 e. The molecule has 2 aliphatic rings. The minimum atomic E-state index is -0.212. The van der Waals surface area contributed by atoms with Crippen molar-refractivity contribution in [2.75, 3.05) is 18.0 Å². The average molecular weight is 458 g/mol. The number of Topliss-reactive ketones (excluding diaryl/α,β-unsaturated/α-hetero) is 2. The Morgan fingerprint density at radius 2 is 1.61 bits per heavy atom. The molecule has 4 nitrogen and oxygen atoms in total. The van der Waals surface area contributed by atoms with Crippen LogP contribution in [0, 0.1) is 0 Å². The number of aliphatic hydroxyl groups excluding tert-OH is 1. The Morgan fingerprint density at radius 1 is 0.939 bits per heavy atom. The van der Waals surface area contributed by atoms with Gasteiger partial charge in [0.25, 0.3) is 0 Å². The van der Waals surface area contributed by atoms with E-state index in [2.05, 4.69) is 24.8 Å². The summed E-state index contributed by atoms with van der Waals surface area (Å²) >= 11 is 1.59. The molecule has 0 amide bonds. The average Bonchev–Trinajstić information content (AvgIpc) is 3.08. The molecule has 168 valence electrons. The van der Waals surface area contributed by atoms with Crippen molar-refractivity contribution in [3.8, 4) is 0 Å². The molecule has 0 fully saturated rings. The van der Waals surface area contributed by atoms with E-state index in [0.717, 1.165) is 39.7 Å². The lowest BCUT2D eigenvalue weighted by atomic mass is 10.0. The minimum absolute atomic E-state index is 0.0452. The van der Waals surface area contributed by atoms with Gasteiger partial charge in [-0.3, -0.25) is 9.59 Å². The van der Waals surface area contributed by atoms with E-state index in [4.69, 9.17) is 0 Å². The Kier molecular flexibility index (Phi) is 6.82. The summed E-state index contributed by atoms with van der Waals surface area (Å²) < 4.78 is 0. The van der Waals surface area contributed by atoms with Crippen LogP contribution >= 0.6 is 11.8 Å². The second-order valence-corrected chi connectivity index (χ2v) is 9.30. The van der Waals surface area contributed by atoms with Gasteiger partial charge in [0, 0.05) is 34.8 Å². The largest absolute Gasteiger partial charge is 0.392 e. The summed E-state index contributed by atoms with van der Waals surface area (Å²) in [6.07, 6.45) is 7.75. The second kappa shape index (κ2) is 9.77. The Hall–Kier alpha value is -3.15. The van der Waals surface area contributed by atoms with Crippen LogP contribution in [-0.2, 0) is 6.61 Å². The van der Waals surface area contributed by atoms with Gasteiger partial charge in [-0.2, -0.15) is 0 Å². The number of ketones is 2. The van der Waals surface area contributed by atoms with Crippen LogP contribution in [0.5, 0.6) is 0 Å². The maximum absolute atomic E-state index is 12.9. The van der Waals surface area contributed by atoms with Gasteiger partial charge in [-0.05, 0) is 72.7 Å². The molecule has 1 heterocycles. The summed E-state index contributed by atoms with van der Waals surface area (Å²) in [4.78, 5) is 30.0. The lowest BCUT2D eigenvalue weighted by molar-refractivity contribution is 0.0988. The van der Waals surface area contributed by atoms with Crippen molar-refractivity contribution in [1.82, 2.24) is 0 Å². The fraction of sp³-hybridized carbons (Fsp3) is 0.214. The first-order valence-corrected chi connectivity index (χ1v) is 12.0. The van der Waals surface area contributed by atoms with Crippen molar-refractivity contribution in [2.45, 2.75) is 27.4 Å². The zero-order valence-electron chi connectivity index (χ0n) is 19.1. The molecule has 0 bridgehead atoms. The highest BCUT2D eigenvalue weighted by molar-refractivity contribution is 8.06. The van der Waals surface area contributed by atoms with E-state index in [1.165, 1.54) is 0 Å². The fourth-order valence-corrected chi connectivity index (χ4v) is 5.13. The molecule has 0 saturated heterocycles. The first kappa shape index (κ1) is 23.0. The molecule has 4 rings (SSSR count). The van der Waals surface area contributed by atoms with Gasteiger partial charge in [-0.1, -0.05) is 48.2 Å². The quantitative estimate of drug-likeness (QED) is 0.429. The van der Waals surface area contributed by atoms with E-state index < -0.39 is 0 Å². The second-order valence-electron chi connectivity index (χ2n) is 7.98. The van der Waals surface area contributed by atoms with Gasteiger partial charge in [0.05, 0.1) is 12.2 Å². The summed E-state index contributed by atoms with van der Waals surface area (Å²) in [5, 5.41) is 9.92. The van der Waals surface area contributed by atoms with Crippen molar-refractivity contribution in [3.63, 3.8) is 0 Å². The predicted molar refractivity (Wildman–Crippen MR) is 137 cm³/mol. The number of hydrogen-bond donors (Lipinski definition) is 1. The molecule has 0 radical (unpaired) electrons. The molecular weight excluding hydrogens is 430 g/mol. The number of benzene rings is 2. The number of anilines is 1. The number of aliphatic hydroxyl groups is 1. The van der Waals surface area contributed by atoms with Gasteiger partial charge in [0.15, 0.2) is 11.6 Å². The van der Waals surface area contributed by atoms with E-state index in [-0.39, 0.29) is 23.7 Å². The van der Waals surface area contributed by atoms with Gasteiger partial charge in [-0.25, -0.2) is 0 Å². The van der Waals surface area contributed by atoms with E-state index >= 15 is 0 Å². The van der Waals surface area contributed by atoms with Gasteiger partial charge in [0.2, 0.25) is 0 Å². The van der Waals surface area contributed by atoms with Crippen molar-refractivity contribution < 1.29 is 14.7 Å². The summed E-state index contributed by atoms with van der Waals surface area (Å²) in [5.74, 6) is -0.425. The van der Waals surface area contributed by atoms with Crippen molar-refractivity contribution in [1.29, 1.82) is 0 Å². The molecule has 0 saturated carbocycles. The topological polar surface area (TPSA) is 57.6 Å². The number of fused-ring (bicyclic) bond motifs is 1. The summed E-state index contributed by atoms with van der Waals surface area (Å²) in [7, 11) is 0. The minimum Gasteiger partial charge on any atom is -0.392 e. The normalized spacial score (nSPS) is 15.8. The summed E-state index contributed by atoms with van der Waals surface area (Å²) in [5.41, 5.74) is 4.73. The molecule has 0 aromatic heterocycles. The van der Waals surface area contributed by atoms with E-state index in [1.54, 1.807) is 36.0 Å². The zero-order chi connectivity index (χ0) is 23.5. The maximum atomic E-state index is 12.9. The number of rotatable bonds is 6. The van der Waals surface area contributed by atoms with Crippen LogP contribution in [0.1, 0.15) is 52.6 Å². The number of hydrogen-bond acceptors (Lipinski definition) is 5. The number of thioether (sulfide) groups is 1. The van der Waals surface area contributed by atoms with Gasteiger partial charge >= 0.3 is 0 Å². The molecule has 2 aromatic carbocycles. The van der Waals surface area contributed by atoms with Crippen LogP contribution in [0.15, 0.2) is 81.6 Å². The van der Waals surface area contributed by atoms with Gasteiger partial charge < -0.3 is 10.0 Å². The standard InChI is InChI=1S/C28H27NO3S/c1-4-29(5-2)22-12-10-19(21(15-22)17-30)11-13-23-16-20(14-18(3)33-23)26-27(31)24-8-6-7-9-25(24)28(26)32/h6-16,30H,4-5,17H2,1-3H3. The van der Waals surface area contributed by atoms with Crippen LogP contribution in [0.25, 0.3) is 6.08 Å². The highest BCUT2D eigenvalue weighted by atomic mass is 32.2. The van der Waals surface area contributed by atoms with Crippen molar-refractivity contribution in [3.05, 3.63) is 104 Å². The van der Waals surface area contributed by atoms with Crippen LogP contribution < -0.4 is 4.90 Å². The van der Waals surface area contributed by atoms with Gasteiger partial charge in [-0.15, -0.1) is 0 Å². The molecule has 33 heavy (non-hydrogen) atoms. The first-order valence-electron chi connectivity index (χ1n) is 11.1. The highest BCUT2D eigenvalue weighted by Gasteiger charge is 2.34. The van der Waals surface area contributed by atoms with Crippen LogP contribution in [0.4, 0.5) is 5.69 Å². The smallest absolute Gasteiger partial charge is 0.198 e. The Balaban J connectivity index is 1.67. The molecular formula is C28H27NO3S. The third-order valence-corrected chi connectivity index (χ3v) is 6.88. The van der Waals surface area contributed by atoms with Crippen LogP contribution in [0.3, 0.4) is 0 Å². The van der Waals surface area contributed by atoms with E-state index in [9.17, 15) is 14.7 Å². The van der Waals surface area contributed by atoms with Crippen LogP contribution in [-0.4, -0.2) is 29.8 Å². The molecule has 0 spiro atoms. The summed E-state index contributed by atoms with van der Waals surface area (Å²) in [6.45, 7) is 7.97. The molecule has 0 atom stereocenters. The third kappa shape index (κ3) is 4.52. The molecule has 1 aliphatic carbocycles. The van der Waals surface area contributed by atoms with Gasteiger partial charge in [0.1, 0.15) is 0 Å². The number of carbonyl (C=O) groups excluding carboxylic acids is 2. The Morgan fingerprint density at radius 3 is 2.21 bits per heavy atom. The van der Waals surface area contributed by atoms with Crippen molar-refractivity contribution in [2.24, 2.45) is 0 Å². The van der Waals surface area contributed by atoms with Crippen molar-refractivity contribution >= 4 is 35.1 Å². The monoisotopic (exact) mass is 457 g/mol. The highest BCUT2D eigenvalue weighted by Crippen LogP contribution is 2.37. The lowest BCUT2D eigenvalue weighted by Crippen LogP contribution is -2.21. The number of carbonyl (C=O) groups is 2. The van der Waals surface area contributed by atoms with E-state index in [1.807, 2.05) is 43.4 Å². The SMILES string of the molecule is CCN(CC)c1ccc(C=CC2=CC(=C3C(=O)c4ccccc4C3=O)C=C(C)S2)c(CO)c1. The fourth-order valence-electron chi connectivity index (χ4n) is 4.25. The molecule has 2 aromatic rings. The molecule has 1 aliphatic heterocycles. The Bertz CT molecular complexity index is 1210. The third-order valence-electron chi connectivity index (χ3n) is 5.95. The number of nitrogens with zero attached hydrogens (tertiary/aromatic N) is 1. The predicted octanol–water partition coefficient (Wildman–Crippen LogP) is 5.95. The zero-order valence-corrected chi connectivity index (χ0v) is 19.9. The number of allylic oxidation sites excluding steroid dienone is 6. The lowest BCUT2D eigenvalue weighted by Gasteiger charge is -2.22. The van der Waals surface area contributed by atoms with Crippen LogP contribution in [0.2, 0.25) is 0 Å². The molecule has 0 unspecified atom stereocenters. The molecule has 5 heteroatoms.